The molecule has 0 aliphatic rings. The molecule has 0 spiro atoms. The number of hydrogen-bond donors (Lipinski definition) is 2. The average molecular weight is 431 g/mol. The molecule has 33 heavy (non-hydrogen) atoms. The van der Waals surface area contributed by atoms with Crippen LogP contribution in [0, 0.1) is 0 Å². The van der Waals surface area contributed by atoms with Crippen LogP contribution < -0.4 is 11.3 Å². The van der Waals surface area contributed by atoms with Crippen LogP contribution in [-0.2, 0) is 13.1 Å². The largest absolute Gasteiger partial charge is 0.342 e. The van der Waals surface area contributed by atoms with Gasteiger partial charge in [0.2, 0.25) is 0 Å². The second-order valence-electron chi connectivity index (χ2n) is 8.31. The van der Waals surface area contributed by atoms with E-state index in [2.05, 4.69) is 33.8 Å². The van der Waals surface area contributed by atoms with E-state index in [1.54, 1.807) is 0 Å². The third-order valence-corrected chi connectivity index (χ3v) is 6.21. The van der Waals surface area contributed by atoms with Crippen molar-refractivity contribution in [2.45, 2.75) is 13.1 Å². The molecular weight excluding hydrogens is 408 g/mol. The van der Waals surface area contributed by atoms with E-state index in [0.29, 0.717) is 18.8 Å². The molecule has 5 heteroatoms. The summed E-state index contributed by atoms with van der Waals surface area (Å²) >= 11 is 0. The lowest BCUT2D eigenvalue weighted by atomic mass is 10.1. The van der Waals surface area contributed by atoms with Crippen LogP contribution in [0.15, 0.2) is 95.9 Å². The number of benzene rings is 4. The number of H-pyrrole nitrogens is 1. The first-order chi connectivity index (χ1) is 16.2. The van der Waals surface area contributed by atoms with Crippen LogP contribution in [0.1, 0.15) is 11.1 Å². The number of para-hydroxylation sites is 1. The minimum absolute atomic E-state index is 0.189. The second kappa shape index (κ2) is 7.73. The summed E-state index contributed by atoms with van der Waals surface area (Å²) in [5.41, 5.74) is 11.8. The fraction of sp³-hybridized carbons (Fsp3) is 0.0714. The molecule has 0 saturated heterocycles. The number of aromatic amines is 1. The van der Waals surface area contributed by atoms with E-state index in [-0.39, 0.29) is 5.56 Å². The topological polar surface area (TPSA) is 76.7 Å². The number of fused-ring (bicyclic) bond motifs is 4. The number of hydrogen-bond acceptors (Lipinski definition) is 3. The zero-order chi connectivity index (χ0) is 22.4. The Kier molecular flexibility index (Phi) is 4.56. The molecule has 2 heterocycles. The number of aromatic nitrogens is 3. The molecule has 0 bridgehead atoms. The number of rotatable bonds is 4. The van der Waals surface area contributed by atoms with Crippen LogP contribution in [0.25, 0.3) is 44.0 Å². The lowest BCUT2D eigenvalue weighted by Gasteiger charge is -2.07. The van der Waals surface area contributed by atoms with Gasteiger partial charge >= 0.3 is 0 Å². The van der Waals surface area contributed by atoms with E-state index in [9.17, 15) is 4.79 Å². The van der Waals surface area contributed by atoms with Gasteiger partial charge in [-0.3, -0.25) is 4.79 Å². The molecule has 0 radical (unpaired) electrons. The molecule has 4 aromatic carbocycles. The fourth-order valence-corrected chi connectivity index (χ4v) is 4.62. The van der Waals surface area contributed by atoms with Gasteiger partial charge in [0.1, 0.15) is 5.69 Å². The first-order valence-electron chi connectivity index (χ1n) is 11.0. The fourth-order valence-electron chi connectivity index (χ4n) is 4.62. The van der Waals surface area contributed by atoms with Crippen molar-refractivity contribution in [3.63, 3.8) is 0 Å². The van der Waals surface area contributed by atoms with Gasteiger partial charge in [0.25, 0.3) is 5.56 Å². The second-order valence-corrected chi connectivity index (χ2v) is 8.31. The highest BCUT2D eigenvalue weighted by Gasteiger charge is 2.16. The Labute approximate surface area is 190 Å². The summed E-state index contributed by atoms with van der Waals surface area (Å²) in [6.45, 7) is 1.19. The van der Waals surface area contributed by atoms with Gasteiger partial charge in [0.15, 0.2) is 0 Å². The predicted molar refractivity (Wildman–Crippen MR) is 134 cm³/mol. The van der Waals surface area contributed by atoms with Crippen molar-refractivity contribution in [1.82, 2.24) is 14.5 Å². The minimum Gasteiger partial charge on any atom is -0.342 e. The molecule has 0 aliphatic heterocycles. The Morgan fingerprint density at radius 1 is 0.848 bits per heavy atom. The van der Waals surface area contributed by atoms with Crippen molar-refractivity contribution in [2.75, 3.05) is 0 Å². The van der Waals surface area contributed by atoms with E-state index in [0.717, 1.165) is 49.4 Å². The van der Waals surface area contributed by atoms with Gasteiger partial charge in [0, 0.05) is 41.1 Å². The normalized spacial score (nSPS) is 11.5. The van der Waals surface area contributed by atoms with Crippen LogP contribution in [-0.4, -0.2) is 14.5 Å². The van der Waals surface area contributed by atoms with Gasteiger partial charge < -0.3 is 15.3 Å². The molecule has 2 aromatic heterocycles. The summed E-state index contributed by atoms with van der Waals surface area (Å²) in [7, 11) is 0. The smallest absolute Gasteiger partial charge is 0.275 e. The number of nitrogens with two attached hydrogens (primary N) is 1. The molecule has 0 amide bonds. The van der Waals surface area contributed by atoms with Crippen LogP contribution in [0.4, 0.5) is 0 Å². The average Bonchev–Trinajstić information content (AvgIpc) is 3.21. The van der Waals surface area contributed by atoms with Crippen molar-refractivity contribution in [3.8, 4) is 11.3 Å². The number of nitrogens with zero attached hydrogens (tertiary/aromatic N) is 2. The van der Waals surface area contributed by atoms with Crippen molar-refractivity contribution in [1.29, 1.82) is 0 Å². The summed E-state index contributed by atoms with van der Waals surface area (Å²) in [5.74, 6) is 0. The van der Waals surface area contributed by atoms with Crippen LogP contribution in [0.2, 0.25) is 0 Å². The van der Waals surface area contributed by atoms with Gasteiger partial charge in [-0.1, -0.05) is 72.8 Å². The summed E-state index contributed by atoms with van der Waals surface area (Å²) in [4.78, 5) is 21.1. The Hall–Kier alpha value is -4.22. The third-order valence-electron chi connectivity index (χ3n) is 6.21. The minimum atomic E-state index is -0.189. The zero-order valence-corrected chi connectivity index (χ0v) is 18.0. The highest BCUT2D eigenvalue weighted by molar-refractivity contribution is 6.05. The zero-order valence-electron chi connectivity index (χ0n) is 18.0. The molecule has 0 atom stereocenters. The first-order valence-corrected chi connectivity index (χ1v) is 11.0. The first kappa shape index (κ1) is 19.5. The van der Waals surface area contributed by atoms with E-state index in [1.807, 2.05) is 66.9 Å². The van der Waals surface area contributed by atoms with E-state index in [4.69, 9.17) is 10.7 Å². The Balaban J connectivity index is 1.56. The van der Waals surface area contributed by atoms with Gasteiger partial charge in [-0.25, -0.2) is 4.98 Å². The molecule has 3 N–H and O–H groups in total. The molecule has 5 nitrogen and oxygen atoms in total. The number of nitrogens with one attached hydrogen (secondary N) is 1. The van der Waals surface area contributed by atoms with Gasteiger partial charge in [0.05, 0.1) is 11.0 Å². The Morgan fingerprint density at radius 2 is 1.64 bits per heavy atom. The molecule has 6 aromatic rings. The van der Waals surface area contributed by atoms with E-state index < -0.39 is 0 Å². The van der Waals surface area contributed by atoms with Crippen LogP contribution in [0.3, 0.4) is 0 Å². The maximum Gasteiger partial charge on any atom is 0.275 e. The molecular formula is C28H22N4O. The third kappa shape index (κ3) is 3.30. The molecule has 0 fully saturated rings. The van der Waals surface area contributed by atoms with Crippen molar-refractivity contribution < 1.29 is 0 Å². The van der Waals surface area contributed by atoms with Gasteiger partial charge in [-0.15, -0.1) is 0 Å². The van der Waals surface area contributed by atoms with Crippen LogP contribution in [0.5, 0.6) is 0 Å². The van der Waals surface area contributed by atoms with E-state index >= 15 is 0 Å². The van der Waals surface area contributed by atoms with E-state index in [1.165, 1.54) is 0 Å². The molecule has 0 aliphatic carbocycles. The maximum atomic E-state index is 13.1. The predicted octanol–water partition coefficient (Wildman–Crippen LogP) is 5.21. The summed E-state index contributed by atoms with van der Waals surface area (Å²) in [6.07, 6.45) is 2.04. The molecule has 160 valence electrons. The summed E-state index contributed by atoms with van der Waals surface area (Å²) < 4.78 is 2.18. The lowest BCUT2D eigenvalue weighted by Crippen LogP contribution is -2.11. The van der Waals surface area contributed by atoms with Crippen molar-refractivity contribution in [2.24, 2.45) is 5.73 Å². The molecule has 6 rings (SSSR count). The van der Waals surface area contributed by atoms with Crippen molar-refractivity contribution >= 4 is 32.7 Å². The summed E-state index contributed by atoms with van der Waals surface area (Å²) in [6, 6.07) is 28.5. The van der Waals surface area contributed by atoms with Gasteiger partial charge in [-0.2, -0.15) is 0 Å². The monoisotopic (exact) mass is 430 g/mol. The highest BCUT2D eigenvalue weighted by atomic mass is 16.1. The molecule has 0 saturated carbocycles. The maximum absolute atomic E-state index is 13.1. The summed E-state index contributed by atoms with van der Waals surface area (Å²) in [5, 5.41) is 3.12. The highest BCUT2D eigenvalue weighted by Crippen LogP contribution is 2.30. The Bertz CT molecular complexity index is 1710. The van der Waals surface area contributed by atoms with Crippen LogP contribution >= 0.6 is 0 Å². The lowest BCUT2D eigenvalue weighted by molar-refractivity contribution is 0.834. The molecule has 0 unspecified atom stereocenters. The van der Waals surface area contributed by atoms with Gasteiger partial charge in [-0.05, 0) is 28.6 Å². The SMILES string of the molecule is NCc1cccc(Cn2cc(-c3nc4c(ccc5ccccc54)[nH]c3=O)c3ccccc32)c1. The Morgan fingerprint density at radius 3 is 2.52 bits per heavy atom. The van der Waals surface area contributed by atoms with Crippen molar-refractivity contribution in [3.05, 3.63) is 113 Å². The standard InChI is InChI=1S/C28H22N4O/c29-15-18-6-5-7-19(14-18)16-32-17-23(22-10-3-4-11-25(22)32)27-28(33)30-24-13-12-20-8-1-2-9-21(20)26(24)31-27/h1-14,17H,15-16,29H2,(H,30,33). The quantitative estimate of drug-likeness (QED) is 0.377.